The number of aromatic nitrogens is 4. The molecule has 1 aliphatic rings. The van der Waals surface area contributed by atoms with E-state index in [0.717, 1.165) is 35.6 Å². The van der Waals surface area contributed by atoms with Crippen molar-refractivity contribution < 1.29 is 4.74 Å². The number of benzene rings is 1. The van der Waals surface area contributed by atoms with Crippen molar-refractivity contribution in [1.29, 1.82) is 0 Å². The number of fused-ring (bicyclic) bond motifs is 1. The first-order valence-corrected chi connectivity index (χ1v) is 9.35. The largest absolute Gasteiger partial charge is 0.372 e. The molecule has 1 aromatic carbocycles. The second kappa shape index (κ2) is 6.81. The lowest BCUT2D eigenvalue weighted by atomic mass is 10.1. The van der Waals surface area contributed by atoms with Gasteiger partial charge in [0.15, 0.2) is 5.65 Å². The van der Waals surface area contributed by atoms with Gasteiger partial charge < -0.3 is 15.0 Å². The Balaban J connectivity index is 1.78. The minimum Gasteiger partial charge on any atom is -0.372 e. The zero-order valence-corrected chi connectivity index (χ0v) is 16.5. The summed E-state index contributed by atoms with van der Waals surface area (Å²) in [7, 11) is 1.91. The van der Waals surface area contributed by atoms with Crippen molar-refractivity contribution in [3.05, 3.63) is 35.5 Å². The van der Waals surface area contributed by atoms with E-state index in [-0.39, 0.29) is 12.2 Å². The number of hydrogen-bond acceptors (Lipinski definition) is 6. The van der Waals surface area contributed by atoms with Crippen molar-refractivity contribution in [2.75, 3.05) is 23.3 Å². The van der Waals surface area contributed by atoms with E-state index < -0.39 is 0 Å². The van der Waals surface area contributed by atoms with E-state index in [1.54, 1.807) is 4.68 Å². The predicted octanol–water partition coefficient (Wildman–Crippen LogP) is 3.34. The van der Waals surface area contributed by atoms with Gasteiger partial charge in [-0.25, -0.2) is 0 Å². The average molecular weight is 366 g/mol. The molecule has 7 nitrogen and oxygen atoms in total. The number of anilines is 3. The summed E-state index contributed by atoms with van der Waals surface area (Å²) < 4.78 is 7.65. The van der Waals surface area contributed by atoms with Crippen molar-refractivity contribution >= 4 is 28.5 Å². The van der Waals surface area contributed by atoms with Crippen LogP contribution in [0, 0.1) is 13.8 Å². The average Bonchev–Trinajstić information content (AvgIpc) is 2.99. The molecule has 0 radical (unpaired) electrons. The highest BCUT2D eigenvalue weighted by Gasteiger charge is 2.25. The van der Waals surface area contributed by atoms with Crippen LogP contribution in [0.2, 0.25) is 0 Å². The van der Waals surface area contributed by atoms with Crippen molar-refractivity contribution in [2.45, 2.75) is 39.9 Å². The van der Waals surface area contributed by atoms with Crippen LogP contribution >= 0.6 is 0 Å². The summed E-state index contributed by atoms with van der Waals surface area (Å²) in [6, 6.07) is 6.37. The molecule has 7 heteroatoms. The Labute approximate surface area is 159 Å². The van der Waals surface area contributed by atoms with E-state index in [9.17, 15) is 0 Å². The van der Waals surface area contributed by atoms with Gasteiger partial charge in [-0.1, -0.05) is 12.1 Å². The van der Waals surface area contributed by atoms with E-state index in [4.69, 9.17) is 14.7 Å². The quantitative estimate of drug-likeness (QED) is 0.767. The lowest BCUT2D eigenvalue weighted by Crippen LogP contribution is -2.46. The first kappa shape index (κ1) is 17.7. The Morgan fingerprint density at radius 2 is 1.85 bits per heavy atom. The molecule has 1 N–H and O–H groups in total. The minimum atomic E-state index is 0.148. The van der Waals surface area contributed by atoms with Gasteiger partial charge >= 0.3 is 0 Å². The van der Waals surface area contributed by atoms with E-state index in [1.807, 2.05) is 13.2 Å². The van der Waals surface area contributed by atoms with Crippen LogP contribution in [0.5, 0.6) is 0 Å². The Morgan fingerprint density at radius 1 is 1.11 bits per heavy atom. The van der Waals surface area contributed by atoms with Crippen LogP contribution in [0.1, 0.15) is 25.0 Å². The molecule has 1 aliphatic heterocycles. The zero-order chi connectivity index (χ0) is 19.1. The van der Waals surface area contributed by atoms with E-state index in [1.165, 1.54) is 11.1 Å². The normalized spacial score (nSPS) is 20.3. The molecule has 27 heavy (non-hydrogen) atoms. The smallest absolute Gasteiger partial charge is 0.229 e. The molecule has 142 valence electrons. The number of morpholine rings is 1. The molecule has 2 aromatic heterocycles. The Bertz CT molecular complexity index is 972. The Morgan fingerprint density at radius 3 is 2.59 bits per heavy atom. The molecule has 3 heterocycles. The van der Waals surface area contributed by atoms with Crippen LogP contribution in [0.4, 0.5) is 17.5 Å². The maximum atomic E-state index is 5.86. The molecule has 1 fully saturated rings. The molecule has 4 rings (SSSR count). The molecule has 2 atom stereocenters. The van der Waals surface area contributed by atoms with Gasteiger partial charge in [0.1, 0.15) is 5.82 Å². The summed E-state index contributed by atoms with van der Waals surface area (Å²) in [4.78, 5) is 11.9. The lowest BCUT2D eigenvalue weighted by molar-refractivity contribution is -0.00569. The van der Waals surface area contributed by atoms with Gasteiger partial charge in [0.25, 0.3) is 0 Å². The number of nitrogens with zero attached hydrogens (tertiary/aromatic N) is 5. The zero-order valence-electron chi connectivity index (χ0n) is 16.5. The number of rotatable bonds is 3. The standard InChI is InChI=1S/C20H26N6O/c1-12-6-7-13(2)17(8-12)22-18-16-9-21-25(5)19(16)24-20(23-18)26-10-14(3)27-15(4)11-26/h6-9,14-15H,10-11H2,1-5H3,(H,22,23,24). The van der Waals surface area contributed by atoms with Gasteiger partial charge in [-0.3, -0.25) is 4.68 Å². The highest BCUT2D eigenvalue weighted by molar-refractivity contribution is 5.89. The minimum absolute atomic E-state index is 0.148. The fourth-order valence-corrected chi connectivity index (χ4v) is 3.59. The van der Waals surface area contributed by atoms with Gasteiger partial charge in [-0.15, -0.1) is 0 Å². The summed E-state index contributed by atoms with van der Waals surface area (Å²) in [6.07, 6.45) is 2.11. The molecular formula is C20H26N6O. The molecule has 0 spiro atoms. The molecule has 0 amide bonds. The number of hydrogen-bond donors (Lipinski definition) is 1. The van der Waals surface area contributed by atoms with Gasteiger partial charge in [-0.2, -0.15) is 15.1 Å². The van der Waals surface area contributed by atoms with Crippen LogP contribution in [0.15, 0.2) is 24.4 Å². The molecule has 2 unspecified atom stereocenters. The first-order chi connectivity index (χ1) is 12.9. The third-order valence-electron chi connectivity index (χ3n) is 4.93. The van der Waals surface area contributed by atoms with Crippen LogP contribution < -0.4 is 10.2 Å². The van der Waals surface area contributed by atoms with Gasteiger partial charge in [0.2, 0.25) is 5.95 Å². The maximum absolute atomic E-state index is 5.86. The molecule has 1 saturated heterocycles. The van der Waals surface area contributed by atoms with Gasteiger partial charge in [0.05, 0.1) is 23.8 Å². The summed E-state index contributed by atoms with van der Waals surface area (Å²) in [5, 5.41) is 8.81. The molecule has 0 saturated carbocycles. The maximum Gasteiger partial charge on any atom is 0.229 e. The summed E-state index contributed by atoms with van der Waals surface area (Å²) in [6.45, 7) is 9.90. The molecule has 0 bridgehead atoms. The van der Waals surface area contributed by atoms with E-state index in [2.05, 4.69) is 61.2 Å². The van der Waals surface area contributed by atoms with Gasteiger partial charge in [-0.05, 0) is 44.9 Å². The van der Waals surface area contributed by atoms with Crippen molar-refractivity contribution in [3.8, 4) is 0 Å². The lowest BCUT2D eigenvalue weighted by Gasteiger charge is -2.35. The highest BCUT2D eigenvalue weighted by Crippen LogP contribution is 2.29. The van der Waals surface area contributed by atoms with Crippen LogP contribution in [-0.2, 0) is 11.8 Å². The topological polar surface area (TPSA) is 68.1 Å². The number of ether oxygens (including phenoxy) is 1. The monoisotopic (exact) mass is 366 g/mol. The summed E-state index contributed by atoms with van der Waals surface area (Å²) in [5.74, 6) is 1.49. The summed E-state index contributed by atoms with van der Waals surface area (Å²) in [5.41, 5.74) is 4.25. The third-order valence-corrected chi connectivity index (χ3v) is 4.93. The Kier molecular flexibility index (Phi) is 4.47. The van der Waals surface area contributed by atoms with Crippen LogP contribution in [-0.4, -0.2) is 45.0 Å². The fourth-order valence-electron chi connectivity index (χ4n) is 3.59. The number of nitrogens with one attached hydrogen (secondary N) is 1. The number of aryl methyl sites for hydroxylation is 3. The second-order valence-electron chi connectivity index (χ2n) is 7.48. The predicted molar refractivity (Wildman–Crippen MR) is 108 cm³/mol. The van der Waals surface area contributed by atoms with Crippen molar-refractivity contribution in [2.24, 2.45) is 7.05 Å². The molecular weight excluding hydrogens is 340 g/mol. The summed E-state index contributed by atoms with van der Waals surface area (Å²) >= 11 is 0. The highest BCUT2D eigenvalue weighted by atomic mass is 16.5. The Hall–Kier alpha value is -2.67. The first-order valence-electron chi connectivity index (χ1n) is 9.35. The van der Waals surface area contributed by atoms with Crippen molar-refractivity contribution in [3.63, 3.8) is 0 Å². The van der Waals surface area contributed by atoms with Crippen LogP contribution in [0.3, 0.4) is 0 Å². The fraction of sp³-hybridized carbons (Fsp3) is 0.450. The third kappa shape index (κ3) is 3.47. The van der Waals surface area contributed by atoms with E-state index >= 15 is 0 Å². The second-order valence-corrected chi connectivity index (χ2v) is 7.48. The van der Waals surface area contributed by atoms with Crippen molar-refractivity contribution in [1.82, 2.24) is 19.7 Å². The van der Waals surface area contributed by atoms with Crippen LogP contribution in [0.25, 0.3) is 11.0 Å². The van der Waals surface area contributed by atoms with E-state index in [0.29, 0.717) is 5.95 Å². The van der Waals surface area contributed by atoms with Gasteiger partial charge in [0, 0.05) is 25.8 Å². The SMILES string of the molecule is Cc1ccc(C)c(Nc2nc(N3CC(C)OC(C)C3)nc3c2cnn3C)c1. The molecule has 0 aliphatic carbocycles. The molecule has 3 aromatic rings.